The first-order valence-electron chi connectivity index (χ1n) is 15.6. The van der Waals surface area contributed by atoms with Crippen molar-refractivity contribution in [2.75, 3.05) is 13.2 Å². The molecular formula is C33H58O4. The van der Waals surface area contributed by atoms with Gasteiger partial charge >= 0.3 is 0 Å². The third kappa shape index (κ3) is 10.6. The molecule has 1 fully saturated rings. The summed E-state index contributed by atoms with van der Waals surface area (Å²) in [5.74, 6) is 0.213. The van der Waals surface area contributed by atoms with E-state index in [9.17, 15) is 15.0 Å². The first-order chi connectivity index (χ1) is 17.8. The zero-order valence-corrected chi connectivity index (χ0v) is 24.4. The maximum atomic E-state index is 11.3. The molecule has 2 rings (SSSR count). The molecule has 0 heterocycles. The predicted molar refractivity (Wildman–Crippen MR) is 155 cm³/mol. The third-order valence-corrected chi connectivity index (χ3v) is 9.19. The van der Waals surface area contributed by atoms with E-state index in [0.29, 0.717) is 6.42 Å². The second kappa shape index (κ2) is 17.6. The molecule has 0 aromatic rings. The van der Waals surface area contributed by atoms with Crippen LogP contribution < -0.4 is 0 Å². The Morgan fingerprint density at radius 3 is 2.11 bits per heavy atom. The van der Waals surface area contributed by atoms with Crippen LogP contribution in [0, 0.1) is 17.3 Å². The highest BCUT2D eigenvalue weighted by Crippen LogP contribution is 2.57. The molecule has 0 aliphatic heterocycles. The van der Waals surface area contributed by atoms with Crippen LogP contribution in [0.4, 0.5) is 0 Å². The third-order valence-electron chi connectivity index (χ3n) is 9.19. The maximum Gasteiger partial charge on any atom is 0.119 e. The second-order valence-electron chi connectivity index (χ2n) is 12.5. The summed E-state index contributed by atoms with van der Waals surface area (Å²) in [5, 5.41) is 22.0. The van der Waals surface area contributed by atoms with Crippen LogP contribution in [0.1, 0.15) is 136 Å². The van der Waals surface area contributed by atoms with Crippen LogP contribution >= 0.6 is 0 Å². The molecule has 4 nitrogen and oxygen atoms in total. The van der Waals surface area contributed by atoms with Crippen LogP contribution in [0.25, 0.3) is 0 Å². The summed E-state index contributed by atoms with van der Waals surface area (Å²) in [4.78, 5) is 10.3. The molecule has 37 heavy (non-hydrogen) atoms. The van der Waals surface area contributed by atoms with Crippen molar-refractivity contribution in [2.24, 2.45) is 17.3 Å². The Labute approximate surface area is 228 Å². The number of allylic oxidation sites excluding steroid dienone is 3. The van der Waals surface area contributed by atoms with E-state index in [0.717, 1.165) is 58.0 Å². The molecule has 0 aromatic heterocycles. The van der Waals surface area contributed by atoms with Gasteiger partial charge in [0, 0.05) is 13.0 Å². The first-order valence-corrected chi connectivity index (χ1v) is 15.6. The van der Waals surface area contributed by atoms with Crippen molar-refractivity contribution in [1.82, 2.24) is 0 Å². The van der Waals surface area contributed by atoms with E-state index in [2.05, 4.69) is 25.2 Å². The molecule has 2 aliphatic rings. The van der Waals surface area contributed by atoms with Crippen LogP contribution in [-0.4, -0.2) is 41.4 Å². The zero-order chi connectivity index (χ0) is 27.0. The number of carbonyl (C=O) groups excluding carboxylic acids is 1. The van der Waals surface area contributed by atoms with Crippen molar-refractivity contribution in [1.29, 1.82) is 0 Å². The lowest BCUT2D eigenvalue weighted by Crippen LogP contribution is -2.49. The minimum absolute atomic E-state index is 0.0193. The molecule has 0 bridgehead atoms. The molecule has 0 radical (unpaired) electrons. The van der Waals surface area contributed by atoms with Gasteiger partial charge in [-0.1, -0.05) is 83.9 Å². The predicted octanol–water partition coefficient (Wildman–Crippen LogP) is 8.10. The topological polar surface area (TPSA) is 66.8 Å². The SMILES string of the molecule is CC(C)[C@@]1(O)[C@@H]2CCC(COCCCCCCCC/C=C/CCCCCCCC=O)=CC[C@@]2(C)C[C@@H]1O. The summed E-state index contributed by atoms with van der Waals surface area (Å²) in [6.07, 6.45) is 27.9. The number of hydrogen-bond acceptors (Lipinski definition) is 4. The van der Waals surface area contributed by atoms with Crippen molar-refractivity contribution in [3.63, 3.8) is 0 Å². The van der Waals surface area contributed by atoms with Gasteiger partial charge in [-0.2, -0.15) is 0 Å². The van der Waals surface area contributed by atoms with Gasteiger partial charge in [-0.05, 0) is 87.0 Å². The van der Waals surface area contributed by atoms with Crippen molar-refractivity contribution >= 4 is 6.29 Å². The van der Waals surface area contributed by atoms with Gasteiger partial charge in [0.25, 0.3) is 0 Å². The fourth-order valence-electron chi connectivity index (χ4n) is 6.70. The summed E-state index contributed by atoms with van der Waals surface area (Å²) >= 11 is 0. The summed E-state index contributed by atoms with van der Waals surface area (Å²) < 4.78 is 6.03. The lowest BCUT2D eigenvalue weighted by Gasteiger charge is -2.40. The average Bonchev–Trinajstić information content (AvgIpc) is 2.96. The number of fused-ring (bicyclic) bond motifs is 1. The minimum atomic E-state index is -0.964. The van der Waals surface area contributed by atoms with E-state index in [-0.39, 0.29) is 17.3 Å². The van der Waals surface area contributed by atoms with E-state index in [1.807, 2.05) is 13.8 Å². The van der Waals surface area contributed by atoms with E-state index in [4.69, 9.17) is 4.74 Å². The number of unbranched alkanes of at least 4 members (excludes halogenated alkanes) is 12. The molecule has 0 aromatic carbocycles. The average molecular weight is 519 g/mol. The number of ether oxygens (including phenoxy) is 1. The van der Waals surface area contributed by atoms with Crippen LogP contribution in [0.3, 0.4) is 0 Å². The molecule has 4 atom stereocenters. The van der Waals surface area contributed by atoms with E-state index < -0.39 is 11.7 Å². The standard InChI is InChI=1S/C33H58O4/c1-28(2)33(36)30-21-20-29(22-23-32(30,3)26-31(33)35)27-37-25-19-17-15-13-11-9-7-5-4-6-8-10-12-14-16-18-24-34/h4-5,22,24,28,30-31,35-36H,6-21,23,25-27H2,1-3H3/b5-4+/t30-,31+,32+,33-/m1/s1. The Hall–Kier alpha value is -0.970. The Morgan fingerprint density at radius 2 is 1.51 bits per heavy atom. The second-order valence-corrected chi connectivity index (χ2v) is 12.5. The summed E-state index contributed by atoms with van der Waals surface area (Å²) in [5.41, 5.74) is 0.391. The fraction of sp³-hybridized carbons (Fsp3) is 0.848. The molecule has 2 aliphatic carbocycles. The highest BCUT2D eigenvalue weighted by Gasteiger charge is 2.60. The van der Waals surface area contributed by atoms with Gasteiger partial charge in [-0.15, -0.1) is 0 Å². The monoisotopic (exact) mass is 518 g/mol. The summed E-state index contributed by atoms with van der Waals surface area (Å²) in [6, 6.07) is 0. The van der Waals surface area contributed by atoms with Crippen molar-refractivity contribution in [3.05, 3.63) is 23.8 Å². The number of hydrogen-bond donors (Lipinski definition) is 2. The van der Waals surface area contributed by atoms with Gasteiger partial charge in [0.2, 0.25) is 0 Å². The van der Waals surface area contributed by atoms with Crippen LogP contribution in [0.5, 0.6) is 0 Å². The minimum Gasteiger partial charge on any atom is -0.390 e. The number of rotatable bonds is 20. The van der Waals surface area contributed by atoms with E-state index >= 15 is 0 Å². The molecule has 214 valence electrons. The number of aliphatic hydroxyl groups is 2. The molecule has 0 spiro atoms. The highest BCUT2D eigenvalue weighted by atomic mass is 16.5. The van der Waals surface area contributed by atoms with Gasteiger partial charge in [-0.3, -0.25) is 0 Å². The zero-order valence-electron chi connectivity index (χ0n) is 24.4. The fourth-order valence-corrected chi connectivity index (χ4v) is 6.70. The van der Waals surface area contributed by atoms with E-state index in [1.165, 1.54) is 76.2 Å². The molecule has 4 heteroatoms. The quantitative estimate of drug-likeness (QED) is 0.0970. The normalized spacial score (nSPS) is 28.0. The Kier molecular flexibility index (Phi) is 15.3. The lowest BCUT2D eigenvalue weighted by molar-refractivity contribution is -0.121. The van der Waals surface area contributed by atoms with E-state index in [1.54, 1.807) is 0 Å². The van der Waals surface area contributed by atoms with Crippen LogP contribution in [0.15, 0.2) is 23.8 Å². The van der Waals surface area contributed by atoms with Gasteiger partial charge in [-0.25, -0.2) is 0 Å². The largest absolute Gasteiger partial charge is 0.390 e. The van der Waals surface area contributed by atoms with Gasteiger partial charge in [0.1, 0.15) is 6.29 Å². The molecule has 0 amide bonds. The molecular weight excluding hydrogens is 460 g/mol. The Balaban J connectivity index is 1.44. The van der Waals surface area contributed by atoms with Crippen LogP contribution in [-0.2, 0) is 9.53 Å². The van der Waals surface area contributed by atoms with Crippen molar-refractivity contribution in [2.45, 2.75) is 148 Å². The Bertz CT molecular complexity index is 684. The molecule has 0 saturated heterocycles. The van der Waals surface area contributed by atoms with Gasteiger partial charge in [0.15, 0.2) is 0 Å². The Morgan fingerprint density at radius 1 is 0.946 bits per heavy atom. The highest BCUT2D eigenvalue weighted by molar-refractivity contribution is 5.48. The van der Waals surface area contributed by atoms with Crippen molar-refractivity contribution < 1.29 is 19.7 Å². The first kappa shape index (κ1) is 32.2. The van der Waals surface area contributed by atoms with Crippen LogP contribution in [0.2, 0.25) is 0 Å². The number of aliphatic hydroxyl groups excluding tert-OH is 1. The molecule has 2 N–H and O–H groups in total. The molecule has 1 saturated carbocycles. The summed E-state index contributed by atoms with van der Waals surface area (Å²) in [6.45, 7) is 7.89. The van der Waals surface area contributed by atoms with Gasteiger partial charge in [0.05, 0.1) is 18.3 Å². The lowest BCUT2D eigenvalue weighted by atomic mass is 9.69. The smallest absolute Gasteiger partial charge is 0.119 e. The van der Waals surface area contributed by atoms with Gasteiger partial charge < -0.3 is 19.7 Å². The number of carbonyl (C=O) groups is 1. The maximum absolute atomic E-state index is 11.3. The number of aldehydes is 1. The van der Waals surface area contributed by atoms with Crippen molar-refractivity contribution in [3.8, 4) is 0 Å². The molecule has 0 unspecified atom stereocenters. The summed E-state index contributed by atoms with van der Waals surface area (Å²) in [7, 11) is 0.